The first kappa shape index (κ1) is 70.5. The zero-order valence-corrected chi connectivity index (χ0v) is 57.0. The molecule has 6 heterocycles. The molecule has 3 aliphatic carbocycles. The smallest absolute Gasteiger partial charge is 0.337 e. The van der Waals surface area contributed by atoms with Crippen molar-refractivity contribution in [3.05, 3.63) is 183 Å². The van der Waals surface area contributed by atoms with Crippen molar-refractivity contribution in [3.63, 3.8) is 0 Å². The molecule has 2 saturated carbocycles. The van der Waals surface area contributed by atoms with Gasteiger partial charge in [0.2, 0.25) is 5.91 Å². The molecule has 1 amide bonds. The number of amides is 1. The highest BCUT2D eigenvalue weighted by Gasteiger charge is 2.73. The van der Waals surface area contributed by atoms with Crippen molar-refractivity contribution in [3.8, 4) is 23.0 Å². The van der Waals surface area contributed by atoms with Gasteiger partial charge in [-0.1, -0.05) is 68.1 Å². The molecule has 0 radical (unpaired) electrons. The standard InChI is InChI=1S/C20H23NO4.C17H20N2S.C14H23NO.C8H10N4O2.C8H9NO2.C6H5NO2/c22-13-4-3-12-9-15-20(24)6-5-14(23)18-19(20,16(12)17(13)25-18)7-8-21(15)10-11-1-2-11;1-13(18(2)3)12-19-14-8-4-6-10-16(14)20-17-11-7-5-9-15(17)19;1-5-14(11(2)10-15(3)4)12-7-6-8-13(16)9-12;1-10-4-9-6-5(10)7(13)12(3)8(14)11(6)2;1-6(10)9-7-2-4-8(11)5-3-7;8-6(9)5-2-1-3-7-4-5/h3-4,11,15,18,22,24H,1-2,5-10H2;4-11,13H,12H2,1-3H3;6-9,11,14,16H,5,10H2,1-4H3;4H,1-3H3;2-5,11H,1H3,(H,9,10);1-4H,(H,8,9)/t15-,18+,19+,20-;;11-,14+;;;/m1.0.../s1. The largest absolute Gasteiger partial charge is 0.508 e. The number of nitrogens with one attached hydrogen (secondary N) is 1. The van der Waals surface area contributed by atoms with Gasteiger partial charge in [-0.2, -0.15) is 0 Å². The molecule has 1 spiro atoms. The minimum absolute atomic E-state index is 0.0454. The summed E-state index contributed by atoms with van der Waals surface area (Å²) < 4.78 is 10.1. The minimum atomic E-state index is -0.942. The lowest BCUT2D eigenvalue weighted by molar-refractivity contribution is -0.188. The van der Waals surface area contributed by atoms with Crippen molar-refractivity contribution >= 4 is 57.6 Å². The number of hydrogen-bond acceptors (Lipinski definition) is 17. The number of aliphatic hydroxyl groups is 1. The lowest BCUT2D eigenvalue weighted by Crippen LogP contribution is -2.76. The molecule has 504 valence electrons. The molecule has 1 saturated heterocycles. The number of hydrogen-bond donors (Lipinski definition) is 6. The third kappa shape index (κ3) is 15.5. The molecule has 3 fully saturated rings. The molecule has 2 bridgehead atoms. The van der Waals surface area contributed by atoms with Gasteiger partial charge in [-0.25, -0.2) is 14.6 Å². The van der Waals surface area contributed by atoms with E-state index in [4.69, 9.17) is 14.9 Å². The number of carbonyl (C=O) groups excluding carboxylic acids is 2. The Morgan fingerprint density at radius 2 is 1.49 bits per heavy atom. The number of phenolic OH excluding ortho intramolecular Hbond substituents is 3. The maximum atomic E-state index is 12.7. The molecule has 95 heavy (non-hydrogen) atoms. The topological polar surface area (TPSA) is 261 Å². The molecule has 8 aromatic rings. The maximum Gasteiger partial charge on any atom is 0.337 e. The van der Waals surface area contributed by atoms with Crippen molar-refractivity contribution in [1.29, 1.82) is 0 Å². The lowest BCUT2D eigenvalue weighted by Gasteiger charge is -2.62. The van der Waals surface area contributed by atoms with Crippen LogP contribution in [-0.2, 0) is 42.6 Å². The van der Waals surface area contributed by atoms with Gasteiger partial charge in [0, 0.05) is 99.6 Å². The van der Waals surface area contributed by atoms with Crippen LogP contribution in [0.3, 0.4) is 0 Å². The minimum Gasteiger partial charge on any atom is -0.508 e. The van der Waals surface area contributed by atoms with E-state index >= 15 is 0 Å². The molecule has 21 nitrogen and oxygen atoms in total. The molecule has 1 unspecified atom stereocenters. The van der Waals surface area contributed by atoms with Crippen LogP contribution in [0, 0.1) is 11.8 Å². The number of aromatic carboxylic acids is 1. The number of likely N-dealkylation sites (N-methyl/N-ethyl adjacent to an activating group) is 1. The fourth-order valence-electron chi connectivity index (χ4n) is 13.8. The molecule has 6 aliphatic rings. The third-order valence-corrected chi connectivity index (χ3v) is 20.0. The molecule has 14 rings (SSSR count). The Morgan fingerprint density at radius 1 is 0.821 bits per heavy atom. The summed E-state index contributed by atoms with van der Waals surface area (Å²) in [5.41, 5.74) is 5.44. The van der Waals surface area contributed by atoms with Crippen LogP contribution in [0.2, 0.25) is 0 Å². The number of imidazole rings is 1. The number of phenols is 3. The Hall–Kier alpha value is -8.80. The monoisotopic (exact) mass is 1310 g/mol. The first-order chi connectivity index (χ1) is 45.3. The van der Waals surface area contributed by atoms with Gasteiger partial charge in [0.1, 0.15) is 11.5 Å². The highest BCUT2D eigenvalue weighted by atomic mass is 32.2. The number of carboxylic acids is 1. The number of nitrogens with zero attached hydrogens (tertiary/aromatic N) is 9. The quantitative estimate of drug-likeness (QED) is 0.0622. The van der Waals surface area contributed by atoms with E-state index in [0.717, 1.165) is 67.1 Å². The number of Topliss-reactive ketones (excluding diaryl/α,β-unsaturated/α-hetero) is 1. The highest BCUT2D eigenvalue weighted by molar-refractivity contribution is 7.99. The van der Waals surface area contributed by atoms with E-state index in [-0.39, 0.29) is 46.0 Å². The normalized spacial score (nSPS) is 20.1. The number of carboxylic acid groups (broad SMARTS) is 1. The number of aromatic nitrogens is 5. The first-order valence-electron chi connectivity index (χ1n) is 32.3. The maximum absolute atomic E-state index is 12.7. The molecule has 6 N–H and O–H groups in total. The number of aromatic hydroxyl groups is 3. The van der Waals surface area contributed by atoms with Crippen LogP contribution in [0.15, 0.2) is 159 Å². The molecular weight excluding hydrogens is 1220 g/mol. The second-order valence-corrected chi connectivity index (χ2v) is 27.1. The Bertz CT molecular complexity index is 4090. The molecule has 22 heteroatoms. The van der Waals surface area contributed by atoms with Crippen molar-refractivity contribution in [2.75, 3.05) is 64.6 Å². The Morgan fingerprint density at radius 3 is 2.07 bits per heavy atom. The second kappa shape index (κ2) is 30.3. The van der Waals surface area contributed by atoms with Gasteiger partial charge in [-0.05, 0) is 188 Å². The number of aryl methyl sites for hydroxylation is 2. The second-order valence-electron chi connectivity index (χ2n) is 26.0. The van der Waals surface area contributed by atoms with E-state index in [0.29, 0.717) is 59.1 Å². The van der Waals surface area contributed by atoms with E-state index in [1.165, 1.54) is 95.0 Å². The molecule has 5 aromatic carbocycles. The molecular formula is C73H90N10O11S. The first-order valence-corrected chi connectivity index (χ1v) is 33.1. The summed E-state index contributed by atoms with van der Waals surface area (Å²) in [7, 11) is 13.3. The van der Waals surface area contributed by atoms with Crippen molar-refractivity contribution in [1.82, 2.24) is 38.4 Å². The van der Waals surface area contributed by atoms with Gasteiger partial charge in [0.05, 0.1) is 34.3 Å². The van der Waals surface area contributed by atoms with E-state index in [2.05, 4.69) is 138 Å². The SMILES string of the molecule is CC(=O)Nc1ccc(O)cc1.CC(CN1c2ccccc2Sc2ccccc21)N(C)C.CC[C@@H](c1cccc(O)c1)[C@@H](C)CN(C)C.Cn1c(=O)c2c(ncn2C)n(C)c1=O.O=C(O)c1cccnc1.O=C1CC[C@@]2(O)[C@H]3Cc4ccc(O)c5c4[C@@]2(CCN3CC2CC2)[C@H]1O5. The van der Waals surface area contributed by atoms with Crippen LogP contribution in [0.25, 0.3) is 11.2 Å². The summed E-state index contributed by atoms with van der Waals surface area (Å²) in [6.45, 7) is 12.2. The van der Waals surface area contributed by atoms with Crippen LogP contribution in [0.1, 0.15) is 99.2 Å². The third-order valence-electron chi connectivity index (χ3n) is 18.9. The number of likely N-dealkylation sites (tertiary alicyclic amines) is 1. The van der Waals surface area contributed by atoms with Gasteiger partial charge in [0.25, 0.3) is 5.56 Å². The van der Waals surface area contributed by atoms with Crippen LogP contribution in [0.5, 0.6) is 23.0 Å². The number of pyridine rings is 1. The van der Waals surface area contributed by atoms with Crippen LogP contribution in [-0.4, -0.2) is 160 Å². The number of ether oxygens (including phenoxy) is 1. The predicted octanol–water partition coefficient (Wildman–Crippen LogP) is 9.95. The Balaban J connectivity index is 0.000000139. The summed E-state index contributed by atoms with van der Waals surface area (Å²) in [5.74, 6) is 2.02. The van der Waals surface area contributed by atoms with E-state index < -0.39 is 23.1 Å². The summed E-state index contributed by atoms with van der Waals surface area (Å²) in [4.78, 5) is 76.3. The van der Waals surface area contributed by atoms with Gasteiger partial charge in [0.15, 0.2) is 34.6 Å². The summed E-state index contributed by atoms with van der Waals surface area (Å²) >= 11 is 1.87. The number of carbonyl (C=O) groups is 3. The number of fused-ring (bicyclic) bond motifs is 3. The van der Waals surface area contributed by atoms with Crippen LogP contribution in [0.4, 0.5) is 17.1 Å². The Labute approximate surface area is 559 Å². The van der Waals surface area contributed by atoms with Gasteiger partial charge in [-0.3, -0.25) is 33.4 Å². The summed E-state index contributed by atoms with van der Waals surface area (Å²) in [6, 6.07) is 38.6. The van der Waals surface area contributed by atoms with Gasteiger partial charge < -0.3 is 54.9 Å². The average Bonchev–Trinajstić information content (AvgIpc) is 1.58. The predicted molar refractivity (Wildman–Crippen MR) is 371 cm³/mol. The fraction of sp³-hybridized carbons (Fsp3) is 0.411. The lowest BCUT2D eigenvalue weighted by atomic mass is 9.49. The molecule has 3 aromatic heterocycles. The number of anilines is 3. The fourth-order valence-corrected chi connectivity index (χ4v) is 14.9. The van der Waals surface area contributed by atoms with Crippen LogP contribution >= 0.6 is 11.8 Å². The van der Waals surface area contributed by atoms with E-state index in [1.54, 1.807) is 49.0 Å². The average molecular weight is 1320 g/mol. The summed E-state index contributed by atoms with van der Waals surface area (Å²) in [5, 5.41) is 51.6. The Kier molecular flexibility index (Phi) is 22.5. The number of benzene rings is 5. The van der Waals surface area contributed by atoms with Crippen molar-refractivity contribution in [2.24, 2.45) is 33.0 Å². The van der Waals surface area contributed by atoms with E-state index in [9.17, 15) is 39.3 Å². The molecule has 3 aliphatic heterocycles. The number of ketones is 1. The van der Waals surface area contributed by atoms with Crippen molar-refractivity contribution < 1.29 is 44.7 Å². The van der Waals surface area contributed by atoms with E-state index in [1.807, 2.05) is 30.0 Å². The van der Waals surface area contributed by atoms with Gasteiger partial charge in [-0.15, -0.1) is 0 Å². The van der Waals surface area contributed by atoms with Crippen molar-refractivity contribution in [2.45, 2.75) is 118 Å². The highest BCUT2D eigenvalue weighted by Crippen LogP contribution is 2.65. The number of para-hydroxylation sites is 2. The number of piperidine rings is 1. The zero-order valence-electron chi connectivity index (χ0n) is 56.1. The number of rotatable bonds is 12. The van der Waals surface area contributed by atoms with Crippen LogP contribution < -0.4 is 26.2 Å². The zero-order chi connectivity index (χ0) is 68.6. The van der Waals surface area contributed by atoms with Gasteiger partial charge >= 0.3 is 11.7 Å². The summed E-state index contributed by atoms with van der Waals surface area (Å²) in [6.07, 6.45) is 9.80. The molecule has 7 atom stereocenters.